The molecule has 0 unspecified atom stereocenters. The highest BCUT2D eigenvalue weighted by Crippen LogP contribution is 2.33. The van der Waals surface area contributed by atoms with Crippen LogP contribution >= 0.6 is 0 Å². The van der Waals surface area contributed by atoms with Crippen molar-refractivity contribution in [3.63, 3.8) is 0 Å². The van der Waals surface area contributed by atoms with E-state index in [1.165, 1.54) is 32.7 Å². The predicted molar refractivity (Wildman–Crippen MR) is 104 cm³/mol. The van der Waals surface area contributed by atoms with Gasteiger partial charge in [-0.25, -0.2) is 20.4 Å². The molecular formula is C22H16N2O2. The fourth-order valence-electron chi connectivity index (χ4n) is 2.92. The molecule has 0 aliphatic rings. The number of hydrogen-bond donors (Lipinski definition) is 2. The van der Waals surface area contributed by atoms with Gasteiger partial charge < -0.3 is 0 Å². The zero-order valence-electron chi connectivity index (χ0n) is 13.9. The van der Waals surface area contributed by atoms with Gasteiger partial charge in [-0.3, -0.25) is 0 Å². The van der Waals surface area contributed by atoms with Gasteiger partial charge in [0.2, 0.25) is 12.2 Å². The Hall–Kier alpha value is -3.84. The van der Waals surface area contributed by atoms with Gasteiger partial charge in [0, 0.05) is 0 Å². The molecule has 0 spiro atoms. The van der Waals surface area contributed by atoms with Crippen molar-refractivity contribution in [3.8, 4) is 11.1 Å². The topological polar surface area (TPSA) is 81.8 Å². The van der Waals surface area contributed by atoms with Crippen LogP contribution in [0.4, 0.5) is 0 Å². The molecule has 4 nitrogen and oxygen atoms in total. The zero-order valence-corrected chi connectivity index (χ0v) is 13.9. The summed E-state index contributed by atoms with van der Waals surface area (Å²) in [5.74, 6) is 0. The van der Waals surface area contributed by atoms with E-state index in [2.05, 4.69) is 84.9 Å². The van der Waals surface area contributed by atoms with E-state index in [0.717, 1.165) is 12.2 Å². The van der Waals surface area contributed by atoms with Crippen molar-refractivity contribution in [3.05, 3.63) is 84.9 Å². The summed E-state index contributed by atoms with van der Waals surface area (Å²) in [6.45, 7) is 0. The third kappa shape index (κ3) is 4.16. The molecule has 0 saturated heterocycles. The molecule has 126 valence electrons. The van der Waals surface area contributed by atoms with Crippen LogP contribution in [0.2, 0.25) is 0 Å². The monoisotopic (exact) mass is 340 g/mol. The maximum Gasteiger partial charge on any atom is 0.231 e. The standard InChI is InChI=1S/C20H14.2CHNO/c1-3-11-17-15(7-1)9-5-13-19(17)20-14-6-10-16-8-2-4-12-18(16)20;2*2-1-3/h1-14H;2*2H. The van der Waals surface area contributed by atoms with Crippen molar-refractivity contribution in [1.29, 1.82) is 10.8 Å². The number of benzene rings is 4. The van der Waals surface area contributed by atoms with E-state index in [1.54, 1.807) is 0 Å². The van der Waals surface area contributed by atoms with Crippen molar-refractivity contribution < 1.29 is 9.59 Å². The first-order valence-electron chi connectivity index (χ1n) is 7.80. The molecule has 0 amide bonds. The van der Waals surface area contributed by atoms with Gasteiger partial charge in [-0.2, -0.15) is 0 Å². The van der Waals surface area contributed by atoms with Crippen LogP contribution in [0.15, 0.2) is 84.9 Å². The summed E-state index contributed by atoms with van der Waals surface area (Å²) < 4.78 is 0. The maximum atomic E-state index is 8.35. The average Bonchev–Trinajstić information content (AvgIpc) is 2.68. The van der Waals surface area contributed by atoms with Crippen LogP contribution in [0.3, 0.4) is 0 Å². The number of fused-ring (bicyclic) bond motifs is 2. The molecule has 0 saturated carbocycles. The van der Waals surface area contributed by atoms with Gasteiger partial charge in [0.25, 0.3) is 0 Å². The lowest BCUT2D eigenvalue weighted by atomic mass is 9.94. The number of hydrogen-bond acceptors (Lipinski definition) is 4. The van der Waals surface area contributed by atoms with Gasteiger partial charge in [-0.05, 0) is 32.7 Å². The Bertz CT molecular complexity index is 991. The first kappa shape index (κ1) is 18.5. The van der Waals surface area contributed by atoms with Gasteiger partial charge in [0.05, 0.1) is 0 Å². The molecule has 0 heterocycles. The van der Waals surface area contributed by atoms with Crippen LogP contribution < -0.4 is 0 Å². The van der Waals surface area contributed by atoms with Crippen LogP contribution in [0, 0.1) is 10.8 Å². The fourth-order valence-corrected chi connectivity index (χ4v) is 2.92. The third-order valence-corrected chi connectivity index (χ3v) is 3.87. The Morgan fingerprint density at radius 3 is 1.19 bits per heavy atom. The van der Waals surface area contributed by atoms with E-state index in [0.29, 0.717) is 0 Å². The van der Waals surface area contributed by atoms with Gasteiger partial charge >= 0.3 is 0 Å². The minimum absolute atomic E-state index is 0.750. The van der Waals surface area contributed by atoms with Crippen LogP contribution in [0.1, 0.15) is 0 Å². The number of carbonyl (C=O) groups excluding carboxylic acids is 2. The summed E-state index contributed by atoms with van der Waals surface area (Å²) in [6, 6.07) is 30.2. The molecule has 4 rings (SSSR count). The summed E-state index contributed by atoms with van der Waals surface area (Å²) in [5, 5.41) is 16.0. The van der Waals surface area contributed by atoms with Crippen molar-refractivity contribution in [2.24, 2.45) is 0 Å². The summed E-state index contributed by atoms with van der Waals surface area (Å²) in [4.78, 5) is 16.7. The quantitative estimate of drug-likeness (QED) is 0.356. The van der Waals surface area contributed by atoms with E-state index in [9.17, 15) is 0 Å². The summed E-state index contributed by atoms with van der Waals surface area (Å²) in [5.41, 5.74) is 2.61. The van der Waals surface area contributed by atoms with Crippen molar-refractivity contribution >= 4 is 33.7 Å². The number of isocyanates is 2. The molecule has 0 atom stereocenters. The second kappa shape index (κ2) is 9.45. The normalized spacial score (nSPS) is 9.08. The van der Waals surface area contributed by atoms with Gasteiger partial charge in [-0.15, -0.1) is 0 Å². The zero-order chi connectivity index (χ0) is 18.8. The van der Waals surface area contributed by atoms with Crippen molar-refractivity contribution in [2.45, 2.75) is 0 Å². The lowest BCUT2D eigenvalue weighted by Gasteiger charge is -2.10. The highest BCUT2D eigenvalue weighted by Gasteiger charge is 2.06. The van der Waals surface area contributed by atoms with Crippen LogP contribution in [0.25, 0.3) is 32.7 Å². The molecule has 26 heavy (non-hydrogen) atoms. The summed E-state index contributed by atoms with van der Waals surface area (Å²) in [6.07, 6.45) is 1.50. The van der Waals surface area contributed by atoms with Crippen LogP contribution in [0.5, 0.6) is 0 Å². The van der Waals surface area contributed by atoms with Gasteiger partial charge in [-0.1, -0.05) is 84.9 Å². The first-order valence-corrected chi connectivity index (χ1v) is 7.80. The lowest BCUT2D eigenvalue weighted by Crippen LogP contribution is -1.83. The molecule has 0 aliphatic carbocycles. The third-order valence-electron chi connectivity index (χ3n) is 3.87. The molecule has 4 heteroatoms. The van der Waals surface area contributed by atoms with Crippen molar-refractivity contribution in [2.75, 3.05) is 0 Å². The van der Waals surface area contributed by atoms with E-state index < -0.39 is 0 Å². The number of nitrogens with one attached hydrogen (secondary N) is 2. The fraction of sp³-hybridized carbons (Fsp3) is 0. The number of rotatable bonds is 1. The summed E-state index contributed by atoms with van der Waals surface area (Å²) in [7, 11) is 0. The van der Waals surface area contributed by atoms with E-state index in [1.807, 2.05) is 0 Å². The Labute approximate surface area is 150 Å². The molecular weight excluding hydrogens is 324 g/mol. The molecule has 4 aromatic carbocycles. The van der Waals surface area contributed by atoms with Crippen LogP contribution in [-0.4, -0.2) is 12.2 Å². The molecule has 0 bridgehead atoms. The molecule has 0 aromatic heterocycles. The molecule has 0 aliphatic heterocycles. The minimum atomic E-state index is 0.750. The largest absolute Gasteiger partial charge is 0.231 e. The molecule has 4 aromatic rings. The molecule has 0 radical (unpaired) electrons. The highest BCUT2D eigenvalue weighted by atomic mass is 16.1. The molecule has 0 fully saturated rings. The lowest BCUT2D eigenvalue weighted by molar-refractivity contribution is 0.562. The minimum Gasteiger partial charge on any atom is -0.222 e. The Kier molecular flexibility index (Phi) is 6.73. The maximum absolute atomic E-state index is 8.35. The Morgan fingerprint density at radius 1 is 0.500 bits per heavy atom. The van der Waals surface area contributed by atoms with E-state index in [-0.39, 0.29) is 0 Å². The van der Waals surface area contributed by atoms with Crippen LogP contribution in [-0.2, 0) is 9.59 Å². The second-order valence-electron chi connectivity index (χ2n) is 5.26. The van der Waals surface area contributed by atoms with Gasteiger partial charge in [0.1, 0.15) is 0 Å². The van der Waals surface area contributed by atoms with Gasteiger partial charge in [0.15, 0.2) is 0 Å². The second-order valence-corrected chi connectivity index (χ2v) is 5.26. The van der Waals surface area contributed by atoms with E-state index in [4.69, 9.17) is 20.4 Å². The highest BCUT2D eigenvalue weighted by molar-refractivity contribution is 6.05. The predicted octanol–water partition coefficient (Wildman–Crippen LogP) is 5.46. The van der Waals surface area contributed by atoms with E-state index >= 15 is 0 Å². The first-order chi connectivity index (χ1) is 12.8. The SMILES string of the molecule is N=C=O.N=C=O.c1ccc2c(-c3cccc4ccccc34)cccc2c1. The smallest absolute Gasteiger partial charge is 0.222 e. The summed E-state index contributed by atoms with van der Waals surface area (Å²) >= 11 is 0. The average molecular weight is 340 g/mol. The molecule has 2 N–H and O–H groups in total. The Morgan fingerprint density at radius 2 is 0.808 bits per heavy atom. The Balaban J connectivity index is 0.000000361. The van der Waals surface area contributed by atoms with Crippen molar-refractivity contribution in [1.82, 2.24) is 0 Å².